The summed E-state index contributed by atoms with van der Waals surface area (Å²) >= 11 is 3.36. The van der Waals surface area contributed by atoms with Crippen LogP contribution in [0.2, 0.25) is 0 Å². The van der Waals surface area contributed by atoms with E-state index in [1.807, 2.05) is 25.1 Å². The van der Waals surface area contributed by atoms with Crippen LogP contribution in [0.25, 0.3) is 0 Å². The normalized spacial score (nSPS) is 23.3. The fourth-order valence-corrected chi connectivity index (χ4v) is 2.41. The first kappa shape index (κ1) is 10.5. The average Bonchev–Trinajstić information content (AvgIpc) is 2.59. The van der Waals surface area contributed by atoms with Gasteiger partial charge in [-0.3, -0.25) is 4.79 Å². The molecular formula is C11H11BrO3. The smallest absolute Gasteiger partial charge is 0.317 e. The lowest BCUT2D eigenvalue weighted by Crippen LogP contribution is -2.36. The summed E-state index contributed by atoms with van der Waals surface area (Å²) in [6.07, 6.45) is 0.534. The van der Waals surface area contributed by atoms with Crippen LogP contribution in [0, 0.1) is 0 Å². The van der Waals surface area contributed by atoms with Crippen molar-refractivity contribution in [2.75, 3.05) is 6.61 Å². The molecule has 1 N–H and O–H groups in total. The van der Waals surface area contributed by atoms with Gasteiger partial charge in [0.2, 0.25) is 0 Å². The van der Waals surface area contributed by atoms with Crippen LogP contribution < -0.4 is 4.74 Å². The number of rotatable bonds is 2. The molecule has 2 rings (SSSR count). The van der Waals surface area contributed by atoms with E-state index in [1.165, 1.54) is 0 Å². The Balaban J connectivity index is 2.61. The number of carboxylic acids is 1. The van der Waals surface area contributed by atoms with E-state index in [0.717, 1.165) is 10.0 Å². The van der Waals surface area contributed by atoms with Gasteiger partial charge < -0.3 is 9.84 Å². The van der Waals surface area contributed by atoms with Crippen molar-refractivity contribution < 1.29 is 14.6 Å². The fraction of sp³-hybridized carbons (Fsp3) is 0.364. The van der Waals surface area contributed by atoms with E-state index in [9.17, 15) is 9.90 Å². The molecule has 15 heavy (non-hydrogen) atoms. The maximum absolute atomic E-state index is 11.3. The highest BCUT2D eigenvalue weighted by atomic mass is 79.9. The Morgan fingerprint density at radius 3 is 3.00 bits per heavy atom. The van der Waals surface area contributed by atoms with Crippen molar-refractivity contribution in [2.45, 2.75) is 18.8 Å². The molecule has 3 nitrogen and oxygen atoms in total. The average molecular weight is 271 g/mol. The third-order valence-electron chi connectivity index (χ3n) is 2.96. The van der Waals surface area contributed by atoms with Gasteiger partial charge in [0.25, 0.3) is 0 Å². The predicted molar refractivity (Wildman–Crippen MR) is 59.2 cm³/mol. The van der Waals surface area contributed by atoms with E-state index >= 15 is 0 Å². The third-order valence-corrected chi connectivity index (χ3v) is 3.58. The molecule has 0 radical (unpaired) electrons. The molecule has 1 aromatic rings. The van der Waals surface area contributed by atoms with Gasteiger partial charge >= 0.3 is 5.97 Å². The maximum atomic E-state index is 11.3. The van der Waals surface area contributed by atoms with Crippen LogP contribution in [0.1, 0.15) is 18.9 Å². The minimum absolute atomic E-state index is 0.219. The van der Waals surface area contributed by atoms with Gasteiger partial charge in [-0.05, 0) is 28.4 Å². The Morgan fingerprint density at radius 1 is 1.67 bits per heavy atom. The van der Waals surface area contributed by atoms with Crippen LogP contribution in [-0.4, -0.2) is 17.7 Å². The quantitative estimate of drug-likeness (QED) is 0.899. The first-order valence-electron chi connectivity index (χ1n) is 4.77. The third kappa shape index (κ3) is 1.35. The molecule has 0 bridgehead atoms. The number of hydrogen-bond acceptors (Lipinski definition) is 2. The topological polar surface area (TPSA) is 46.5 Å². The van der Waals surface area contributed by atoms with E-state index in [-0.39, 0.29) is 6.61 Å². The summed E-state index contributed by atoms with van der Waals surface area (Å²) in [5.74, 6) is -0.149. The van der Waals surface area contributed by atoms with Gasteiger partial charge in [-0.2, -0.15) is 0 Å². The van der Waals surface area contributed by atoms with E-state index in [4.69, 9.17) is 4.74 Å². The Hall–Kier alpha value is -1.03. The summed E-state index contributed by atoms with van der Waals surface area (Å²) in [6.45, 7) is 2.09. The number of halogens is 1. The highest BCUT2D eigenvalue weighted by Gasteiger charge is 2.46. The van der Waals surface area contributed by atoms with E-state index in [0.29, 0.717) is 12.2 Å². The second kappa shape index (κ2) is 3.52. The molecule has 0 fully saturated rings. The Morgan fingerprint density at radius 2 is 2.40 bits per heavy atom. The molecule has 1 heterocycles. The molecule has 1 aliphatic heterocycles. The number of benzene rings is 1. The van der Waals surface area contributed by atoms with Gasteiger partial charge in [-0.25, -0.2) is 0 Å². The van der Waals surface area contributed by atoms with Gasteiger partial charge in [-0.15, -0.1) is 0 Å². The van der Waals surface area contributed by atoms with Crippen LogP contribution in [-0.2, 0) is 10.2 Å². The van der Waals surface area contributed by atoms with Crippen molar-refractivity contribution >= 4 is 21.9 Å². The number of fused-ring (bicyclic) bond motifs is 1. The number of para-hydroxylation sites is 1. The number of hydrogen-bond donors (Lipinski definition) is 1. The minimum Gasteiger partial charge on any atom is -0.491 e. The second-order valence-corrected chi connectivity index (χ2v) is 4.50. The molecule has 1 atom stereocenters. The molecule has 1 aliphatic rings. The van der Waals surface area contributed by atoms with E-state index in [1.54, 1.807) is 0 Å². The van der Waals surface area contributed by atoms with Gasteiger partial charge in [0.1, 0.15) is 17.8 Å². The largest absolute Gasteiger partial charge is 0.491 e. The zero-order valence-corrected chi connectivity index (χ0v) is 9.87. The summed E-state index contributed by atoms with van der Waals surface area (Å²) < 4.78 is 6.29. The van der Waals surface area contributed by atoms with Crippen LogP contribution in [0.5, 0.6) is 5.75 Å². The summed E-state index contributed by atoms with van der Waals surface area (Å²) in [4.78, 5) is 11.3. The zero-order chi connectivity index (χ0) is 11.1. The maximum Gasteiger partial charge on any atom is 0.317 e. The Kier molecular flexibility index (Phi) is 2.46. The molecule has 0 saturated carbocycles. The van der Waals surface area contributed by atoms with Crippen molar-refractivity contribution in [3.8, 4) is 5.75 Å². The molecule has 0 amide bonds. The number of carbonyl (C=O) groups is 1. The van der Waals surface area contributed by atoms with E-state index in [2.05, 4.69) is 15.9 Å². The van der Waals surface area contributed by atoms with Crippen molar-refractivity contribution in [3.63, 3.8) is 0 Å². The number of aliphatic carboxylic acids is 1. The lowest BCUT2D eigenvalue weighted by atomic mass is 9.80. The van der Waals surface area contributed by atoms with Gasteiger partial charge in [0, 0.05) is 5.56 Å². The molecule has 80 valence electrons. The van der Waals surface area contributed by atoms with Gasteiger partial charge in [0.05, 0.1) is 4.47 Å². The van der Waals surface area contributed by atoms with Crippen molar-refractivity contribution in [3.05, 3.63) is 28.2 Å². The standard InChI is InChI=1S/C11H11BrO3/c1-2-11(10(13)14)6-15-9-7(11)4-3-5-8(9)12/h3-5H,2,6H2,1H3,(H,13,14). The van der Waals surface area contributed by atoms with Gasteiger partial charge in [-0.1, -0.05) is 19.1 Å². The molecule has 0 aromatic heterocycles. The molecular weight excluding hydrogens is 260 g/mol. The molecule has 1 aromatic carbocycles. The van der Waals surface area contributed by atoms with Crippen molar-refractivity contribution in [2.24, 2.45) is 0 Å². The minimum atomic E-state index is -0.876. The molecule has 0 spiro atoms. The molecule has 4 heteroatoms. The predicted octanol–water partition coefficient (Wildman–Crippen LogP) is 2.57. The highest BCUT2D eigenvalue weighted by Crippen LogP contribution is 2.44. The SMILES string of the molecule is CCC1(C(=O)O)COc2c(Br)cccc21. The van der Waals surface area contributed by atoms with Crippen LogP contribution in [0.15, 0.2) is 22.7 Å². The summed E-state index contributed by atoms with van der Waals surface area (Å²) in [5.41, 5.74) is -0.106. The molecule has 0 aliphatic carbocycles. The summed E-state index contributed by atoms with van der Waals surface area (Å²) in [7, 11) is 0. The monoisotopic (exact) mass is 270 g/mol. The number of carboxylic acid groups (broad SMARTS) is 1. The van der Waals surface area contributed by atoms with Crippen LogP contribution in [0.3, 0.4) is 0 Å². The highest BCUT2D eigenvalue weighted by molar-refractivity contribution is 9.10. The first-order valence-corrected chi connectivity index (χ1v) is 5.56. The Labute approximate surface area is 96.2 Å². The fourth-order valence-electron chi connectivity index (χ4n) is 1.93. The van der Waals surface area contributed by atoms with Crippen LogP contribution in [0.4, 0.5) is 0 Å². The number of ether oxygens (including phenoxy) is 1. The zero-order valence-electron chi connectivity index (χ0n) is 8.29. The first-order chi connectivity index (χ1) is 7.12. The summed E-state index contributed by atoms with van der Waals surface area (Å²) in [6, 6.07) is 5.52. The lowest BCUT2D eigenvalue weighted by Gasteiger charge is -2.20. The Bertz CT molecular complexity index is 416. The van der Waals surface area contributed by atoms with Crippen molar-refractivity contribution in [1.29, 1.82) is 0 Å². The van der Waals surface area contributed by atoms with Crippen LogP contribution >= 0.6 is 15.9 Å². The van der Waals surface area contributed by atoms with Gasteiger partial charge in [0.15, 0.2) is 0 Å². The van der Waals surface area contributed by atoms with Crippen molar-refractivity contribution in [1.82, 2.24) is 0 Å². The second-order valence-electron chi connectivity index (χ2n) is 3.65. The summed E-state index contributed by atoms with van der Waals surface area (Å²) in [5, 5.41) is 9.31. The van der Waals surface area contributed by atoms with E-state index < -0.39 is 11.4 Å². The molecule has 1 unspecified atom stereocenters. The lowest BCUT2D eigenvalue weighted by molar-refractivity contribution is -0.144. The molecule has 0 saturated heterocycles.